The van der Waals surface area contributed by atoms with Crippen molar-refractivity contribution in [3.05, 3.63) is 52.9 Å². The molecule has 0 saturated carbocycles. The molecule has 0 unspecified atom stereocenters. The van der Waals surface area contributed by atoms with Crippen molar-refractivity contribution < 1.29 is 23.7 Å². The largest absolute Gasteiger partial charge is 0.493 e. The molecule has 1 aliphatic carbocycles. The van der Waals surface area contributed by atoms with Crippen LogP contribution in [0.5, 0.6) is 17.2 Å². The predicted molar refractivity (Wildman–Crippen MR) is 133 cm³/mol. The maximum Gasteiger partial charge on any atom is 0.161 e. The van der Waals surface area contributed by atoms with Crippen LogP contribution in [-0.2, 0) is 9.47 Å². The second-order valence-electron chi connectivity index (χ2n) is 7.53. The number of fused-ring (bicyclic) bond motifs is 3. The summed E-state index contributed by atoms with van der Waals surface area (Å²) in [5.41, 5.74) is 11.1. The van der Waals surface area contributed by atoms with Crippen LogP contribution in [-0.4, -0.2) is 64.0 Å². The van der Waals surface area contributed by atoms with Gasteiger partial charge >= 0.3 is 0 Å². The molecule has 0 amide bonds. The lowest BCUT2D eigenvalue weighted by atomic mass is 10.2. The van der Waals surface area contributed by atoms with Gasteiger partial charge in [-0.3, -0.25) is 10.2 Å². The third kappa shape index (κ3) is 5.90. The molecule has 0 spiro atoms. The van der Waals surface area contributed by atoms with E-state index in [4.69, 9.17) is 29.2 Å². The van der Waals surface area contributed by atoms with E-state index in [1.54, 1.807) is 14.2 Å². The van der Waals surface area contributed by atoms with Crippen LogP contribution in [0.1, 0.15) is 0 Å². The first-order valence-corrected chi connectivity index (χ1v) is 11.1. The third-order valence-corrected chi connectivity index (χ3v) is 5.35. The first-order valence-electron chi connectivity index (χ1n) is 11.1. The Morgan fingerprint density at radius 3 is 2.49 bits per heavy atom. The summed E-state index contributed by atoms with van der Waals surface area (Å²) < 4.78 is 27.5. The number of hydrogen-bond donors (Lipinski definition) is 3. The predicted octanol–water partition coefficient (Wildman–Crippen LogP) is 5.08. The lowest BCUT2D eigenvalue weighted by Gasteiger charge is -2.10. The number of nitrogens with zero attached hydrogens (tertiary/aromatic N) is 3. The summed E-state index contributed by atoms with van der Waals surface area (Å²) in [6.07, 6.45) is 0. The molecule has 1 heterocycles. The number of anilines is 2. The van der Waals surface area contributed by atoms with Gasteiger partial charge in [0.2, 0.25) is 0 Å². The van der Waals surface area contributed by atoms with E-state index in [1.165, 1.54) is 0 Å². The number of nitrogens with one attached hydrogen (secondary N) is 3. The van der Waals surface area contributed by atoms with Gasteiger partial charge < -0.3 is 29.0 Å². The fourth-order valence-corrected chi connectivity index (χ4v) is 3.72. The van der Waals surface area contributed by atoms with Crippen LogP contribution in [0.15, 0.2) is 47.6 Å². The average molecular weight is 481 g/mol. The summed E-state index contributed by atoms with van der Waals surface area (Å²) in [7, 11) is 3.26. The van der Waals surface area contributed by atoms with Gasteiger partial charge in [0, 0.05) is 34.2 Å². The molecule has 0 atom stereocenters. The minimum atomic E-state index is 0.321. The first kappa shape index (κ1) is 24.1. The number of ether oxygens (including phenoxy) is 5. The Hall–Kier alpha value is -4.05. The SMILES string of the molecule is COc1cc2cc3c(Nc4cccc(OCCOCCOCCN=[N+]=[N-])c4)[nH][nH]c-3c2cc1OC. The van der Waals surface area contributed by atoms with Crippen molar-refractivity contribution in [3.63, 3.8) is 0 Å². The number of aromatic nitrogens is 2. The highest BCUT2D eigenvalue weighted by Crippen LogP contribution is 2.42. The van der Waals surface area contributed by atoms with Crippen LogP contribution < -0.4 is 19.5 Å². The summed E-state index contributed by atoms with van der Waals surface area (Å²) in [5, 5.41) is 15.4. The Morgan fingerprint density at radius 1 is 0.914 bits per heavy atom. The summed E-state index contributed by atoms with van der Waals surface area (Å²) >= 11 is 0. The fourth-order valence-electron chi connectivity index (χ4n) is 3.72. The number of hydrogen-bond acceptors (Lipinski definition) is 7. The normalized spacial score (nSPS) is 10.9. The van der Waals surface area contributed by atoms with Gasteiger partial charge in [-0.15, -0.1) is 0 Å². The van der Waals surface area contributed by atoms with Crippen molar-refractivity contribution in [1.82, 2.24) is 10.2 Å². The Kier molecular flexibility index (Phi) is 8.18. The van der Waals surface area contributed by atoms with E-state index in [0.717, 1.165) is 39.3 Å². The number of rotatable bonds is 14. The van der Waals surface area contributed by atoms with Gasteiger partial charge in [0.15, 0.2) is 11.5 Å². The molecule has 0 fully saturated rings. The number of H-pyrrole nitrogens is 2. The van der Waals surface area contributed by atoms with E-state index in [0.29, 0.717) is 51.1 Å². The van der Waals surface area contributed by atoms with Crippen molar-refractivity contribution in [3.8, 4) is 28.5 Å². The van der Waals surface area contributed by atoms with Gasteiger partial charge in [0.1, 0.15) is 18.2 Å². The van der Waals surface area contributed by atoms with E-state index < -0.39 is 0 Å². The summed E-state index contributed by atoms with van der Waals surface area (Å²) in [4.78, 5) is 2.66. The van der Waals surface area contributed by atoms with Crippen LogP contribution in [0.25, 0.3) is 32.5 Å². The van der Waals surface area contributed by atoms with E-state index in [9.17, 15) is 0 Å². The van der Waals surface area contributed by atoms with Crippen molar-refractivity contribution in [2.75, 3.05) is 59.1 Å². The Balaban J connectivity index is 1.31. The quantitative estimate of drug-likeness (QED) is 0.0995. The lowest BCUT2D eigenvalue weighted by Crippen LogP contribution is -2.11. The highest BCUT2D eigenvalue weighted by atomic mass is 16.5. The lowest BCUT2D eigenvalue weighted by molar-refractivity contribution is 0.0388. The molecule has 35 heavy (non-hydrogen) atoms. The minimum Gasteiger partial charge on any atom is -0.493 e. The molecule has 0 radical (unpaired) electrons. The van der Waals surface area contributed by atoms with Crippen molar-refractivity contribution >= 4 is 22.3 Å². The van der Waals surface area contributed by atoms with Gasteiger partial charge in [-0.25, -0.2) is 0 Å². The molecule has 4 rings (SSSR count). The molecule has 11 heteroatoms. The fraction of sp³-hybridized carbons (Fsp3) is 0.333. The number of methoxy groups -OCH3 is 2. The molecule has 0 bridgehead atoms. The van der Waals surface area contributed by atoms with Gasteiger partial charge in [0.25, 0.3) is 0 Å². The molecule has 184 valence electrons. The maximum absolute atomic E-state index is 8.19. The number of azide groups is 1. The van der Waals surface area contributed by atoms with E-state index in [1.807, 2.05) is 36.4 Å². The molecular weight excluding hydrogens is 452 g/mol. The summed E-state index contributed by atoms with van der Waals surface area (Å²) in [6.45, 7) is 2.46. The van der Waals surface area contributed by atoms with E-state index in [2.05, 4.69) is 31.6 Å². The van der Waals surface area contributed by atoms with Crippen molar-refractivity contribution in [2.24, 2.45) is 5.11 Å². The monoisotopic (exact) mass is 480 g/mol. The zero-order valence-electron chi connectivity index (χ0n) is 19.7. The van der Waals surface area contributed by atoms with Gasteiger partial charge in [0.05, 0.1) is 46.3 Å². The Labute approximate surface area is 202 Å². The summed E-state index contributed by atoms with van der Waals surface area (Å²) in [5.74, 6) is 2.95. The maximum atomic E-state index is 8.19. The van der Waals surface area contributed by atoms with E-state index in [-0.39, 0.29) is 0 Å². The second kappa shape index (κ2) is 11.9. The molecule has 0 saturated heterocycles. The highest BCUT2D eigenvalue weighted by Gasteiger charge is 2.19. The topological polar surface area (TPSA) is 139 Å². The highest BCUT2D eigenvalue weighted by molar-refractivity contribution is 6.05. The molecule has 11 nitrogen and oxygen atoms in total. The Morgan fingerprint density at radius 2 is 1.69 bits per heavy atom. The molecular formula is C24H28N6O5. The Bertz CT molecular complexity index is 1260. The minimum absolute atomic E-state index is 0.321. The first-order chi connectivity index (χ1) is 17.2. The smallest absolute Gasteiger partial charge is 0.161 e. The molecule has 3 N–H and O–H groups in total. The van der Waals surface area contributed by atoms with Crippen LogP contribution in [0.4, 0.5) is 11.5 Å². The second-order valence-corrected chi connectivity index (χ2v) is 7.53. The average Bonchev–Trinajstić information content (AvgIpc) is 3.43. The molecule has 2 aromatic carbocycles. The third-order valence-electron chi connectivity index (χ3n) is 5.35. The van der Waals surface area contributed by atoms with Gasteiger partial charge in [-0.2, -0.15) is 0 Å². The van der Waals surface area contributed by atoms with Crippen molar-refractivity contribution in [1.29, 1.82) is 0 Å². The van der Waals surface area contributed by atoms with E-state index >= 15 is 0 Å². The zero-order chi connectivity index (χ0) is 24.5. The molecule has 2 aliphatic rings. The van der Waals surface area contributed by atoms with Crippen LogP contribution in [0.3, 0.4) is 0 Å². The number of benzene rings is 2. The van der Waals surface area contributed by atoms with Crippen molar-refractivity contribution in [2.45, 2.75) is 0 Å². The summed E-state index contributed by atoms with van der Waals surface area (Å²) in [6, 6.07) is 13.8. The zero-order valence-corrected chi connectivity index (χ0v) is 19.7. The van der Waals surface area contributed by atoms with Crippen LogP contribution in [0.2, 0.25) is 0 Å². The van der Waals surface area contributed by atoms with Crippen LogP contribution >= 0.6 is 0 Å². The van der Waals surface area contributed by atoms with Gasteiger partial charge in [-0.1, -0.05) is 11.2 Å². The number of aromatic amines is 2. The molecule has 0 aromatic heterocycles. The standard InChI is InChI=1S/C24H28N6O5/c1-31-21-13-16-12-20-23(19(16)15-22(21)32-2)28-29-24(20)27-17-4-3-5-18(14-17)35-11-10-34-9-8-33-7-6-26-30-25/h3-5,12-15,27-29H,6-11H2,1-2H3. The van der Waals surface area contributed by atoms with Crippen LogP contribution in [0, 0.1) is 0 Å². The molecule has 1 aliphatic heterocycles. The molecule has 2 aromatic rings. The van der Waals surface area contributed by atoms with Gasteiger partial charge in [-0.05, 0) is 41.2 Å².